The van der Waals surface area contributed by atoms with E-state index in [9.17, 15) is 9.59 Å². The van der Waals surface area contributed by atoms with E-state index in [-0.39, 0.29) is 23.9 Å². The summed E-state index contributed by atoms with van der Waals surface area (Å²) in [7, 11) is 0. The number of rotatable bonds is 7. The van der Waals surface area contributed by atoms with Crippen molar-refractivity contribution in [1.29, 1.82) is 0 Å². The van der Waals surface area contributed by atoms with Gasteiger partial charge in [-0.05, 0) is 58.9 Å². The van der Waals surface area contributed by atoms with Crippen molar-refractivity contribution in [1.82, 2.24) is 15.1 Å². The normalized spacial score (nSPS) is 31.8. The van der Waals surface area contributed by atoms with Gasteiger partial charge in [0.1, 0.15) is 5.54 Å². The van der Waals surface area contributed by atoms with Gasteiger partial charge in [-0.1, -0.05) is 0 Å². The average Bonchev–Trinajstić information content (AvgIpc) is 3.32. The summed E-state index contributed by atoms with van der Waals surface area (Å²) in [6, 6.07) is -0.350. The molecule has 1 saturated carbocycles. The summed E-state index contributed by atoms with van der Waals surface area (Å²) < 4.78 is 5.75. The highest BCUT2D eigenvalue weighted by atomic mass is 16.5. The third-order valence-electron chi connectivity index (χ3n) is 5.69. The van der Waals surface area contributed by atoms with E-state index in [4.69, 9.17) is 4.74 Å². The lowest BCUT2D eigenvalue weighted by Gasteiger charge is -2.39. The molecule has 1 N–H and O–H groups in total. The van der Waals surface area contributed by atoms with Crippen LogP contribution >= 0.6 is 0 Å². The van der Waals surface area contributed by atoms with Crippen LogP contribution in [0.1, 0.15) is 46.5 Å². The van der Waals surface area contributed by atoms with E-state index < -0.39 is 5.54 Å². The van der Waals surface area contributed by atoms with E-state index in [1.54, 1.807) is 0 Å². The van der Waals surface area contributed by atoms with Crippen LogP contribution < -0.4 is 5.32 Å². The number of carbonyl (C=O) groups excluding carboxylic acids is 2. The van der Waals surface area contributed by atoms with Crippen LogP contribution in [0.25, 0.3) is 0 Å². The Morgan fingerprint density at radius 3 is 2.67 bits per heavy atom. The Morgan fingerprint density at radius 1 is 1.29 bits per heavy atom. The maximum Gasteiger partial charge on any atom is 0.325 e. The molecule has 0 aromatic heterocycles. The molecule has 0 spiro atoms. The smallest absolute Gasteiger partial charge is 0.325 e. The highest BCUT2D eigenvalue weighted by molar-refractivity contribution is 6.07. The van der Waals surface area contributed by atoms with Crippen molar-refractivity contribution in [2.24, 2.45) is 11.8 Å². The van der Waals surface area contributed by atoms with E-state index in [0.717, 1.165) is 51.6 Å². The molecule has 3 amide bonds. The van der Waals surface area contributed by atoms with Gasteiger partial charge in [0.2, 0.25) is 0 Å². The number of carbonyl (C=O) groups is 2. The molecule has 2 atom stereocenters. The minimum absolute atomic E-state index is 0.0701. The molecule has 0 aromatic rings. The molecular formula is C18H31N3O3. The van der Waals surface area contributed by atoms with Crippen molar-refractivity contribution in [3.63, 3.8) is 0 Å². The SMILES string of the molecule is CC(C)N1C(=O)NC(C)(C2CCCN(CCOCC3CC3)C2)C1=O. The molecule has 3 fully saturated rings. The second kappa shape index (κ2) is 7.00. The molecule has 136 valence electrons. The summed E-state index contributed by atoms with van der Waals surface area (Å²) in [5, 5.41) is 2.97. The summed E-state index contributed by atoms with van der Waals surface area (Å²) >= 11 is 0. The molecule has 3 rings (SSSR count). The maximum atomic E-state index is 12.8. The fourth-order valence-corrected chi connectivity index (χ4v) is 3.88. The molecule has 2 unspecified atom stereocenters. The van der Waals surface area contributed by atoms with Crippen LogP contribution in [0.2, 0.25) is 0 Å². The summed E-state index contributed by atoms with van der Waals surface area (Å²) in [6.07, 6.45) is 4.68. The number of amides is 3. The fraction of sp³-hybridized carbons (Fsp3) is 0.889. The zero-order valence-corrected chi connectivity index (χ0v) is 15.2. The largest absolute Gasteiger partial charge is 0.380 e. The van der Waals surface area contributed by atoms with Gasteiger partial charge in [0.05, 0.1) is 6.61 Å². The van der Waals surface area contributed by atoms with Crippen LogP contribution in [0, 0.1) is 11.8 Å². The molecule has 0 bridgehead atoms. The van der Waals surface area contributed by atoms with Gasteiger partial charge in [0.25, 0.3) is 5.91 Å². The van der Waals surface area contributed by atoms with Crippen molar-refractivity contribution >= 4 is 11.9 Å². The van der Waals surface area contributed by atoms with Gasteiger partial charge in [-0.2, -0.15) is 0 Å². The lowest BCUT2D eigenvalue weighted by Crippen LogP contribution is -2.56. The van der Waals surface area contributed by atoms with E-state index in [0.29, 0.717) is 0 Å². The van der Waals surface area contributed by atoms with Gasteiger partial charge in [-0.15, -0.1) is 0 Å². The molecule has 24 heavy (non-hydrogen) atoms. The number of piperidine rings is 1. The Hall–Kier alpha value is -1.14. The molecule has 6 heteroatoms. The zero-order chi connectivity index (χ0) is 17.3. The Labute approximate surface area is 144 Å². The molecule has 6 nitrogen and oxygen atoms in total. The first kappa shape index (κ1) is 17.7. The summed E-state index contributed by atoms with van der Waals surface area (Å²) in [4.78, 5) is 28.8. The van der Waals surface area contributed by atoms with Gasteiger partial charge < -0.3 is 15.0 Å². The summed E-state index contributed by atoms with van der Waals surface area (Å²) in [5.74, 6) is 0.889. The Balaban J connectivity index is 1.55. The molecule has 1 aliphatic carbocycles. The topological polar surface area (TPSA) is 61.9 Å². The van der Waals surface area contributed by atoms with Gasteiger partial charge >= 0.3 is 6.03 Å². The van der Waals surface area contributed by atoms with Gasteiger partial charge in [-0.3, -0.25) is 9.69 Å². The second-order valence-corrected chi connectivity index (χ2v) is 8.06. The van der Waals surface area contributed by atoms with E-state index in [2.05, 4.69) is 10.2 Å². The van der Waals surface area contributed by atoms with E-state index in [1.165, 1.54) is 17.7 Å². The van der Waals surface area contributed by atoms with Crippen molar-refractivity contribution in [3.05, 3.63) is 0 Å². The fourth-order valence-electron chi connectivity index (χ4n) is 3.88. The van der Waals surface area contributed by atoms with Gasteiger partial charge in [0.15, 0.2) is 0 Å². The number of nitrogens with zero attached hydrogens (tertiary/aromatic N) is 2. The lowest BCUT2D eigenvalue weighted by molar-refractivity contribution is -0.134. The predicted octanol–water partition coefficient (Wildman–Crippen LogP) is 1.84. The number of nitrogens with one attached hydrogen (secondary N) is 1. The Kier molecular flexibility index (Phi) is 5.16. The predicted molar refractivity (Wildman–Crippen MR) is 91.6 cm³/mol. The first-order chi connectivity index (χ1) is 11.4. The first-order valence-electron chi connectivity index (χ1n) is 9.37. The van der Waals surface area contributed by atoms with Crippen molar-refractivity contribution < 1.29 is 14.3 Å². The Bertz CT molecular complexity index is 492. The molecule has 2 aliphatic heterocycles. The summed E-state index contributed by atoms with van der Waals surface area (Å²) in [5.41, 5.74) is -0.769. The van der Waals surface area contributed by atoms with Crippen LogP contribution in [0.3, 0.4) is 0 Å². The third kappa shape index (κ3) is 3.59. The number of ether oxygens (including phenoxy) is 1. The minimum Gasteiger partial charge on any atom is -0.380 e. The third-order valence-corrected chi connectivity index (χ3v) is 5.69. The Morgan fingerprint density at radius 2 is 2.04 bits per heavy atom. The van der Waals surface area contributed by atoms with Crippen LogP contribution in [-0.2, 0) is 9.53 Å². The lowest BCUT2D eigenvalue weighted by atomic mass is 9.80. The standard InChI is InChI=1S/C18H31N3O3/c1-13(2)21-16(22)18(3,19-17(21)23)15-5-4-8-20(11-15)9-10-24-12-14-6-7-14/h13-15H,4-12H2,1-3H3,(H,19,23). The van der Waals surface area contributed by atoms with E-state index in [1.807, 2.05) is 20.8 Å². The highest BCUT2D eigenvalue weighted by Gasteiger charge is 2.53. The van der Waals surface area contributed by atoms with Crippen LogP contribution in [0.5, 0.6) is 0 Å². The second-order valence-electron chi connectivity index (χ2n) is 8.06. The monoisotopic (exact) mass is 337 g/mol. The maximum absolute atomic E-state index is 12.8. The molecule has 0 aromatic carbocycles. The zero-order valence-electron chi connectivity index (χ0n) is 15.2. The number of hydrogen-bond donors (Lipinski definition) is 1. The number of imide groups is 1. The minimum atomic E-state index is -0.769. The molecular weight excluding hydrogens is 306 g/mol. The number of likely N-dealkylation sites (tertiary alicyclic amines) is 1. The van der Waals surface area contributed by atoms with Gasteiger partial charge in [-0.25, -0.2) is 4.79 Å². The van der Waals surface area contributed by atoms with Crippen molar-refractivity contribution in [3.8, 4) is 0 Å². The molecule has 2 heterocycles. The van der Waals surface area contributed by atoms with E-state index >= 15 is 0 Å². The first-order valence-corrected chi connectivity index (χ1v) is 9.37. The molecule has 3 aliphatic rings. The number of hydrogen-bond acceptors (Lipinski definition) is 4. The van der Waals surface area contributed by atoms with Crippen molar-refractivity contribution in [2.45, 2.75) is 58.0 Å². The molecule has 0 radical (unpaired) electrons. The van der Waals surface area contributed by atoms with Crippen LogP contribution in [0.15, 0.2) is 0 Å². The van der Waals surface area contributed by atoms with Crippen molar-refractivity contribution in [2.75, 3.05) is 32.8 Å². The number of urea groups is 1. The molecule has 2 saturated heterocycles. The van der Waals surface area contributed by atoms with Gasteiger partial charge in [0, 0.05) is 31.7 Å². The average molecular weight is 337 g/mol. The highest BCUT2D eigenvalue weighted by Crippen LogP contribution is 2.33. The summed E-state index contributed by atoms with van der Waals surface area (Å²) in [6.45, 7) is 10.1. The van der Waals surface area contributed by atoms with Crippen LogP contribution in [-0.4, -0.2) is 66.2 Å². The van der Waals surface area contributed by atoms with Crippen LogP contribution in [0.4, 0.5) is 4.79 Å². The quantitative estimate of drug-likeness (QED) is 0.569.